The highest BCUT2D eigenvalue weighted by atomic mass is 16.1. The van der Waals surface area contributed by atoms with Gasteiger partial charge in [-0.05, 0) is 51.0 Å². The normalized spacial score (nSPS) is 11.2. The van der Waals surface area contributed by atoms with Gasteiger partial charge in [-0.3, -0.25) is 14.2 Å². The number of para-hydroxylation sites is 1. The summed E-state index contributed by atoms with van der Waals surface area (Å²) in [4.78, 5) is 30.4. The molecule has 1 amide bonds. The molecule has 2 aromatic carbocycles. The molecule has 170 valence electrons. The van der Waals surface area contributed by atoms with E-state index in [0.29, 0.717) is 29.9 Å². The fraction of sp³-hybridized carbons (Fsp3) is 0.308. The molecule has 0 saturated carbocycles. The van der Waals surface area contributed by atoms with Gasteiger partial charge in [0.25, 0.3) is 5.56 Å². The molecule has 2 aromatic heterocycles. The minimum atomic E-state index is -0.176. The fourth-order valence-electron chi connectivity index (χ4n) is 4.02. The molecule has 0 radical (unpaired) electrons. The van der Waals surface area contributed by atoms with Crippen LogP contribution in [0.5, 0.6) is 0 Å². The van der Waals surface area contributed by atoms with Gasteiger partial charge in [0.15, 0.2) is 5.65 Å². The average molecular weight is 444 g/mol. The van der Waals surface area contributed by atoms with Crippen molar-refractivity contribution < 1.29 is 4.79 Å². The van der Waals surface area contributed by atoms with Crippen molar-refractivity contribution >= 4 is 17.1 Å². The first-order chi connectivity index (χ1) is 15.9. The average Bonchev–Trinajstić information content (AvgIpc) is 3.14. The zero-order valence-corrected chi connectivity index (χ0v) is 19.6. The summed E-state index contributed by atoms with van der Waals surface area (Å²) in [6, 6.07) is 15.9. The Labute approximate surface area is 193 Å². The van der Waals surface area contributed by atoms with Crippen molar-refractivity contribution in [1.29, 1.82) is 0 Å². The molecule has 0 unspecified atom stereocenters. The van der Waals surface area contributed by atoms with Crippen molar-refractivity contribution in [3.05, 3.63) is 87.0 Å². The minimum absolute atomic E-state index is 0.100. The number of carbonyl (C=O) groups excluding carboxylic acids is 1. The molecule has 33 heavy (non-hydrogen) atoms. The number of nitrogens with zero attached hydrogens (tertiary/aromatic N) is 4. The summed E-state index contributed by atoms with van der Waals surface area (Å²) < 4.78 is 3.46. The zero-order valence-electron chi connectivity index (χ0n) is 19.6. The lowest BCUT2D eigenvalue weighted by molar-refractivity contribution is -0.121. The van der Waals surface area contributed by atoms with Crippen molar-refractivity contribution in [2.45, 2.75) is 53.6 Å². The molecular formula is C26H29N5O2. The minimum Gasteiger partial charge on any atom is -0.352 e. The largest absolute Gasteiger partial charge is 0.352 e. The molecule has 0 spiro atoms. The van der Waals surface area contributed by atoms with Gasteiger partial charge in [0.05, 0.1) is 11.4 Å². The van der Waals surface area contributed by atoms with Gasteiger partial charge in [-0.2, -0.15) is 5.10 Å². The lowest BCUT2D eigenvalue weighted by atomic mass is 10.1. The van der Waals surface area contributed by atoms with E-state index >= 15 is 0 Å². The Hall–Kier alpha value is -3.74. The molecule has 0 fully saturated rings. The van der Waals surface area contributed by atoms with Crippen LogP contribution < -0.4 is 10.9 Å². The van der Waals surface area contributed by atoms with Crippen LogP contribution in [0.3, 0.4) is 0 Å². The third-order valence-electron chi connectivity index (χ3n) is 5.89. The second-order valence-corrected chi connectivity index (χ2v) is 8.32. The smallest absolute Gasteiger partial charge is 0.273 e. The van der Waals surface area contributed by atoms with Gasteiger partial charge in [-0.1, -0.05) is 42.0 Å². The molecule has 0 aliphatic rings. The maximum Gasteiger partial charge on any atom is 0.273 e. The third kappa shape index (κ3) is 4.58. The van der Waals surface area contributed by atoms with Crippen molar-refractivity contribution in [3.8, 4) is 5.69 Å². The van der Waals surface area contributed by atoms with Gasteiger partial charge in [-0.25, -0.2) is 9.67 Å². The lowest BCUT2D eigenvalue weighted by Crippen LogP contribution is -2.28. The van der Waals surface area contributed by atoms with Crippen LogP contribution in [0.1, 0.15) is 41.4 Å². The molecule has 0 atom stereocenters. The van der Waals surface area contributed by atoms with E-state index in [4.69, 9.17) is 0 Å². The molecule has 4 rings (SSSR count). The number of aryl methyl sites for hydroxylation is 5. The van der Waals surface area contributed by atoms with Gasteiger partial charge in [0.1, 0.15) is 11.2 Å². The monoisotopic (exact) mass is 443 g/mol. The molecule has 0 saturated heterocycles. The Kier molecular flexibility index (Phi) is 6.40. The second-order valence-electron chi connectivity index (χ2n) is 8.32. The molecule has 0 aliphatic heterocycles. The number of amides is 1. The van der Waals surface area contributed by atoms with E-state index in [9.17, 15) is 9.59 Å². The highest BCUT2D eigenvalue weighted by Gasteiger charge is 2.19. The van der Waals surface area contributed by atoms with Gasteiger partial charge in [0, 0.05) is 25.9 Å². The van der Waals surface area contributed by atoms with Crippen molar-refractivity contribution in [2.75, 3.05) is 0 Å². The van der Waals surface area contributed by atoms with Crippen molar-refractivity contribution in [3.63, 3.8) is 0 Å². The van der Waals surface area contributed by atoms with E-state index in [0.717, 1.165) is 28.1 Å². The van der Waals surface area contributed by atoms with Crippen LogP contribution >= 0.6 is 0 Å². The van der Waals surface area contributed by atoms with Gasteiger partial charge in [0.2, 0.25) is 5.91 Å². The Balaban J connectivity index is 1.57. The van der Waals surface area contributed by atoms with Crippen molar-refractivity contribution in [1.82, 2.24) is 24.6 Å². The highest BCUT2D eigenvalue weighted by Crippen LogP contribution is 2.20. The van der Waals surface area contributed by atoms with Crippen LogP contribution in [0.2, 0.25) is 0 Å². The highest BCUT2D eigenvalue weighted by molar-refractivity contribution is 5.77. The van der Waals surface area contributed by atoms with Crippen molar-refractivity contribution in [2.24, 2.45) is 0 Å². The molecular weight excluding hydrogens is 414 g/mol. The van der Waals surface area contributed by atoms with Crippen LogP contribution in [0.25, 0.3) is 16.9 Å². The number of benzene rings is 2. The first-order valence-electron chi connectivity index (χ1n) is 11.3. The van der Waals surface area contributed by atoms with Crippen LogP contribution in [0.4, 0.5) is 0 Å². The zero-order chi connectivity index (χ0) is 23.5. The predicted molar refractivity (Wildman–Crippen MR) is 130 cm³/mol. The molecule has 1 N–H and O–H groups in total. The number of nitrogens with one attached hydrogen (secondary N) is 1. The first kappa shape index (κ1) is 22.5. The topological polar surface area (TPSA) is 81.8 Å². The fourth-order valence-corrected chi connectivity index (χ4v) is 4.02. The summed E-state index contributed by atoms with van der Waals surface area (Å²) in [5.41, 5.74) is 6.60. The molecule has 0 aliphatic carbocycles. The van der Waals surface area contributed by atoms with Gasteiger partial charge in [-0.15, -0.1) is 0 Å². The second kappa shape index (κ2) is 9.40. The number of aromatic nitrogens is 4. The quantitative estimate of drug-likeness (QED) is 0.471. The summed E-state index contributed by atoms with van der Waals surface area (Å²) in [7, 11) is 0. The Morgan fingerprint density at radius 1 is 1.06 bits per heavy atom. The van der Waals surface area contributed by atoms with Gasteiger partial charge >= 0.3 is 0 Å². The van der Waals surface area contributed by atoms with E-state index < -0.39 is 0 Å². The Morgan fingerprint density at radius 3 is 2.55 bits per heavy atom. The number of carbonyl (C=O) groups is 1. The van der Waals surface area contributed by atoms with Crippen LogP contribution in [-0.2, 0) is 24.3 Å². The van der Waals surface area contributed by atoms with E-state index in [-0.39, 0.29) is 24.3 Å². The number of fused-ring (bicyclic) bond motifs is 1. The molecule has 7 nitrogen and oxygen atoms in total. The summed E-state index contributed by atoms with van der Waals surface area (Å²) >= 11 is 0. The van der Waals surface area contributed by atoms with E-state index in [1.165, 1.54) is 0 Å². The first-order valence-corrected chi connectivity index (χ1v) is 11.3. The van der Waals surface area contributed by atoms with E-state index in [2.05, 4.69) is 33.6 Å². The summed E-state index contributed by atoms with van der Waals surface area (Å²) in [6.45, 7) is 8.85. The van der Waals surface area contributed by atoms with E-state index in [1.807, 2.05) is 58.0 Å². The predicted octanol–water partition coefficient (Wildman–Crippen LogP) is 3.78. The molecule has 7 heteroatoms. The number of hydrogen-bond acceptors (Lipinski definition) is 4. The maximum atomic E-state index is 13.2. The number of hydrogen-bond donors (Lipinski definition) is 1. The molecule has 4 aromatic rings. The molecule has 2 heterocycles. The Bertz CT molecular complexity index is 1370. The standard InChI is InChI=1S/C26H29N5O2/c1-5-30-25-24(19(4)29-31(25)21-9-7-6-8-10-21)28-22(26(30)33)13-14-23(32)27-16-20-15-17(2)11-12-18(20)3/h6-12,15H,5,13-14,16H2,1-4H3,(H,27,32). The number of rotatable bonds is 7. The summed E-state index contributed by atoms with van der Waals surface area (Å²) in [5.74, 6) is -0.100. The summed E-state index contributed by atoms with van der Waals surface area (Å²) in [6.07, 6.45) is 0.484. The SMILES string of the molecule is CCn1c(=O)c(CCC(=O)NCc2cc(C)ccc2C)nc2c(C)nn(-c3ccccc3)c21. The van der Waals surface area contributed by atoms with Gasteiger partial charge < -0.3 is 5.32 Å². The lowest BCUT2D eigenvalue weighted by Gasteiger charge is -2.11. The van der Waals surface area contributed by atoms with E-state index in [1.54, 1.807) is 9.25 Å². The third-order valence-corrected chi connectivity index (χ3v) is 5.89. The van der Waals surface area contributed by atoms with Crippen LogP contribution in [0.15, 0.2) is 53.3 Å². The van der Waals surface area contributed by atoms with Crippen LogP contribution in [-0.4, -0.2) is 25.2 Å². The maximum absolute atomic E-state index is 13.2. The van der Waals surface area contributed by atoms with Crippen LogP contribution in [0, 0.1) is 20.8 Å². The molecule has 0 bridgehead atoms. The summed E-state index contributed by atoms with van der Waals surface area (Å²) in [5, 5.41) is 7.61. The Morgan fingerprint density at radius 2 is 1.82 bits per heavy atom.